The second kappa shape index (κ2) is 8.14. The van der Waals surface area contributed by atoms with E-state index in [1.54, 1.807) is 49.6 Å². The number of nitrogens with one attached hydrogen (secondary N) is 3. The molecule has 0 fully saturated rings. The third-order valence-corrected chi connectivity index (χ3v) is 3.34. The summed E-state index contributed by atoms with van der Waals surface area (Å²) in [6.07, 6.45) is 1.60. The summed E-state index contributed by atoms with van der Waals surface area (Å²) >= 11 is 5.78. The van der Waals surface area contributed by atoms with Crippen LogP contribution in [0, 0.1) is 0 Å². The van der Waals surface area contributed by atoms with E-state index >= 15 is 0 Å². The second-order valence-electron chi connectivity index (χ2n) is 4.67. The fourth-order valence-corrected chi connectivity index (χ4v) is 2.05. The van der Waals surface area contributed by atoms with Gasteiger partial charge in [-0.25, -0.2) is 4.98 Å². The smallest absolute Gasteiger partial charge is 0.254 e. The third kappa shape index (κ3) is 4.69. The highest BCUT2D eigenvalue weighted by Gasteiger charge is 2.10. The SMILES string of the molecule is CNC(=O)c1cccnc1NCCNC(=O)c1ccc(Cl)cc1. The molecule has 1 heterocycles. The molecule has 7 heteroatoms. The summed E-state index contributed by atoms with van der Waals surface area (Å²) in [5.74, 6) is 0.0782. The lowest BCUT2D eigenvalue weighted by Crippen LogP contribution is -2.29. The number of amides is 2. The van der Waals surface area contributed by atoms with E-state index in [1.807, 2.05) is 0 Å². The molecule has 0 bridgehead atoms. The van der Waals surface area contributed by atoms with Crippen LogP contribution in [-0.4, -0.2) is 36.9 Å². The first kappa shape index (κ1) is 16.8. The molecular formula is C16H17ClN4O2. The van der Waals surface area contributed by atoms with Crippen molar-refractivity contribution in [1.82, 2.24) is 15.6 Å². The number of rotatable bonds is 6. The summed E-state index contributed by atoms with van der Waals surface area (Å²) in [4.78, 5) is 27.8. The molecule has 23 heavy (non-hydrogen) atoms. The monoisotopic (exact) mass is 332 g/mol. The molecule has 0 spiro atoms. The Bertz CT molecular complexity index is 689. The van der Waals surface area contributed by atoms with Crippen LogP contribution in [0.3, 0.4) is 0 Å². The third-order valence-electron chi connectivity index (χ3n) is 3.09. The Kier molecular flexibility index (Phi) is 5.94. The summed E-state index contributed by atoms with van der Waals surface area (Å²) in [5.41, 5.74) is 0.998. The highest BCUT2D eigenvalue weighted by Crippen LogP contribution is 2.11. The van der Waals surface area contributed by atoms with Crippen molar-refractivity contribution in [2.75, 3.05) is 25.5 Å². The number of pyridine rings is 1. The summed E-state index contributed by atoms with van der Waals surface area (Å²) in [6, 6.07) is 10.0. The maximum atomic E-state index is 11.9. The van der Waals surface area contributed by atoms with Gasteiger partial charge in [-0.15, -0.1) is 0 Å². The lowest BCUT2D eigenvalue weighted by atomic mass is 10.2. The van der Waals surface area contributed by atoms with E-state index in [9.17, 15) is 9.59 Å². The lowest BCUT2D eigenvalue weighted by molar-refractivity contribution is 0.0949. The molecule has 0 saturated heterocycles. The van der Waals surface area contributed by atoms with Crippen molar-refractivity contribution in [3.63, 3.8) is 0 Å². The van der Waals surface area contributed by atoms with Crippen LogP contribution in [0.2, 0.25) is 5.02 Å². The zero-order valence-corrected chi connectivity index (χ0v) is 13.4. The standard InChI is InChI=1S/C16H17ClN4O2/c1-18-16(23)13-3-2-8-19-14(13)20-9-10-21-15(22)11-4-6-12(17)7-5-11/h2-8H,9-10H2,1H3,(H,18,23)(H,19,20)(H,21,22). The minimum absolute atomic E-state index is 0.184. The van der Waals surface area contributed by atoms with Crippen LogP contribution in [0.25, 0.3) is 0 Å². The van der Waals surface area contributed by atoms with E-state index in [4.69, 9.17) is 11.6 Å². The first-order valence-corrected chi connectivity index (χ1v) is 7.44. The van der Waals surface area contributed by atoms with Gasteiger partial charge < -0.3 is 16.0 Å². The molecule has 2 amide bonds. The predicted octanol–water partition coefficient (Wildman–Crippen LogP) is 1.94. The van der Waals surface area contributed by atoms with Crippen molar-refractivity contribution in [1.29, 1.82) is 0 Å². The fraction of sp³-hybridized carbons (Fsp3) is 0.188. The van der Waals surface area contributed by atoms with Crippen molar-refractivity contribution >= 4 is 29.2 Å². The van der Waals surface area contributed by atoms with E-state index in [0.29, 0.717) is 35.1 Å². The van der Waals surface area contributed by atoms with Crippen LogP contribution in [0.15, 0.2) is 42.6 Å². The van der Waals surface area contributed by atoms with Gasteiger partial charge >= 0.3 is 0 Å². The molecule has 1 aromatic heterocycles. The van der Waals surface area contributed by atoms with Crippen LogP contribution in [-0.2, 0) is 0 Å². The van der Waals surface area contributed by atoms with Crippen molar-refractivity contribution < 1.29 is 9.59 Å². The van der Waals surface area contributed by atoms with Crippen LogP contribution < -0.4 is 16.0 Å². The second-order valence-corrected chi connectivity index (χ2v) is 5.10. The molecule has 2 aromatic rings. The normalized spacial score (nSPS) is 10.0. The Morgan fingerprint density at radius 1 is 1.09 bits per heavy atom. The van der Waals surface area contributed by atoms with E-state index in [-0.39, 0.29) is 11.8 Å². The zero-order valence-electron chi connectivity index (χ0n) is 12.6. The number of carbonyl (C=O) groups excluding carboxylic acids is 2. The highest BCUT2D eigenvalue weighted by atomic mass is 35.5. The Labute approximate surface area is 139 Å². The van der Waals surface area contributed by atoms with Gasteiger partial charge in [-0.2, -0.15) is 0 Å². The Hall–Kier alpha value is -2.60. The van der Waals surface area contributed by atoms with Gasteiger partial charge in [-0.1, -0.05) is 11.6 Å². The molecule has 0 aliphatic rings. The molecule has 1 aromatic carbocycles. The van der Waals surface area contributed by atoms with Gasteiger partial charge in [0.1, 0.15) is 5.82 Å². The first-order valence-electron chi connectivity index (χ1n) is 7.06. The average Bonchev–Trinajstić information content (AvgIpc) is 2.58. The van der Waals surface area contributed by atoms with Crippen molar-refractivity contribution in [3.8, 4) is 0 Å². The Morgan fingerprint density at radius 3 is 2.52 bits per heavy atom. The summed E-state index contributed by atoms with van der Waals surface area (Å²) < 4.78 is 0. The average molecular weight is 333 g/mol. The van der Waals surface area contributed by atoms with Gasteiger partial charge in [0.2, 0.25) is 0 Å². The number of benzene rings is 1. The molecule has 0 saturated carbocycles. The maximum absolute atomic E-state index is 11.9. The molecule has 0 atom stereocenters. The largest absolute Gasteiger partial charge is 0.368 e. The first-order chi connectivity index (χ1) is 11.1. The number of carbonyl (C=O) groups is 2. The van der Waals surface area contributed by atoms with E-state index < -0.39 is 0 Å². The van der Waals surface area contributed by atoms with Crippen molar-refractivity contribution in [2.24, 2.45) is 0 Å². The number of aromatic nitrogens is 1. The van der Waals surface area contributed by atoms with E-state index in [1.165, 1.54) is 0 Å². The molecule has 120 valence electrons. The van der Waals surface area contributed by atoms with Gasteiger partial charge in [-0.3, -0.25) is 9.59 Å². The van der Waals surface area contributed by atoms with Gasteiger partial charge in [-0.05, 0) is 36.4 Å². The highest BCUT2D eigenvalue weighted by molar-refractivity contribution is 6.30. The number of anilines is 1. The summed E-state index contributed by atoms with van der Waals surface area (Å²) in [5, 5.41) is 8.96. The molecule has 0 aliphatic carbocycles. The fourth-order valence-electron chi connectivity index (χ4n) is 1.92. The Balaban J connectivity index is 1.85. The molecule has 2 rings (SSSR count). The minimum Gasteiger partial charge on any atom is -0.368 e. The lowest BCUT2D eigenvalue weighted by Gasteiger charge is -2.10. The quantitative estimate of drug-likeness (QED) is 0.706. The van der Waals surface area contributed by atoms with Crippen LogP contribution >= 0.6 is 11.6 Å². The van der Waals surface area contributed by atoms with Crippen LogP contribution in [0.5, 0.6) is 0 Å². The van der Waals surface area contributed by atoms with E-state index in [2.05, 4.69) is 20.9 Å². The van der Waals surface area contributed by atoms with Crippen LogP contribution in [0.4, 0.5) is 5.82 Å². The number of halogens is 1. The molecule has 0 unspecified atom stereocenters. The molecule has 0 aliphatic heterocycles. The summed E-state index contributed by atoms with van der Waals surface area (Å²) in [7, 11) is 1.56. The molecule has 3 N–H and O–H groups in total. The van der Waals surface area contributed by atoms with Gasteiger partial charge in [0.15, 0.2) is 0 Å². The molecular weight excluding hydrogens is 316 g/mol. The van der Waals surface area contributed by atoms with Crippen molar-refractivity contribution in [3.05, 3.63) is 58.7 Å². The van der Waals surface area contributed by atoms with E-state index in [0.717, 1.165) is 0 Å². The number of nitrogens with zero attached hydrogens (tertiary/aromatic N) is 1. The van der Waals surface area contributed by atoms with Gasteiger partial charge in [0, 0.05) is 36.9 Å². The summed E-state index contributed by atoms with van der Waals surface area (Å²) in [6.45, 7) is 0.839. The zero-order chi connectivity index (χ0) is 16.7. The number of hydrogen-bond acceptors (Lipinski definition) is 4. The molecule has 6 nitrogen and oxygen atoms in total. The van der Waals surface area contributed by atoms with Crippen LogP contribution in [0.1, 0.15) is 20.7 Å². The van der Waals surface area contributed by atoms with Gasteiger partial charge in [0.05, 0.1) is 5.56 Å². The topological polar surface area (TPSA) is 83.1 Å². The Morgan fingerprint density at radius 2 is 1.83 bits per heavy atom. The van der Waals surface area contributed by atoms with Gasteiger partial charge in [0.25, 0.3) is 11.8 Å². The minimum atomic E-state index is -0.217. The maximum Gasteiger partial charge on any atom is 0.254 e. The number of hydrogen-bond donors (Lipinski definition) is 3. The molecule has 0 radical (unpaired) electrons. The van der Waals surface area contributed by atoms with Crippen molar-refractivity contribution in [2.45, 2.75) is 0 Å². The predicted molar refractivity (Wildman–Crippen MR) is 89.9 cm³/mol.